The molecule has 0 aliphatic heterocycles. The van der Waals surface area contributed by atoms with E-state index in [1.165, 1.54) is 17.4 Å². The molecule has 0 aliphatic rings. The summed E-state index contributed by atoms with van der Waals surface area (Å²) >= 11 is 1.28. The zero-order chi connectivity index (χ0) is 19.3. The number of halogens is 1. The Morgan fingerprint density at radius 1 is 0.893 bits per heavy atom. The molecule has 0 saturated carbocycles. The predicted octanol–water partition coefficient (Wildman–Crippen LogP) is 5.97. The number of carbonyl (C=O) groups is 1. The Kier molecular flexibility index (Phi) is 5.26. The molecule has 0 spiro atoms. The van der Waals surface area contributed by atoms with E-state index >= 15 is 0 Å². The molecular formula is C23H16FNO2S. The molecule has 0 N–H and O–H groups in total. The monoisotopic (exact) mass is 389 g/mol. The smallest absolute Gasteiger partial charge is 0.358 e. The topological polar surface area (TPSA) is 39.2 Å². The van der Waals surface area contributed by atoms with Gasteiger partial charge in [-0.2, -0.15) is 0 Å². The zero-order valence-electron chi connectivity index (χ0n) is 14.8. The van der Waals surface area contributed by atoms with Crippen molar-refractivity contribution in [1.82, 2.24) is 4.98 Å². The van der Waals surface area contributed by atoms with E-state index in [1.807, 2.05) is 60.7 Å². The van der Waals surface area contributed by atoms with Gasteiger partial charge in [0.1, 0.15) is 17.4 Å². The van der Waals surface area contributed by atoms with Gasteiger partial charge in [-0.3, -0.25) is 0 Å². The predicted molar refractivity (Wildman–Crippen MR) is 109 cm³/mol. The number of hydrogen-bond donors (Lipinski definition) is 0. The molecule has 0 amide bonds. The van der Waals surface area contributed by atoms with Gasteiger partial charge < -0.3 is 4.74 Å². The van der Waals surface area contributed by atoms with E-state index in [0.29, 0.717) is 15.4 Å². The van der Waals surface area contributed by atoms with Crippen molar-refractivity contribution in [3.63, 3.8) is 0 Å². The number of carbonyl (C=O) groups excluding carboxylic acids is 1. The van der Waals surface area contributed by atoms with Crippen LogP contribution in [-0.4, -0.2) is 11.0 Å². The van der Waals surface area contributed by atoms with Crippen molar-refractivity contribution in [2.75, 3.05) is 0 Å². The van der Waals surface area contributed by atoms with Crippen molar-refractivity contribution in [2.24, 2.45) is 0 Å². The number of thiazole rings is 1. The average Bonchev–Trinajstić information content (AvgIpc) is 3.19. The average molecular weight is 389 g/mol. The van der Waals surface area contributed by atoms with Crippen LogP contribution in [-0.2, 0) is 11.3 Å². The summed E-state index contributed by atoms with van der Waals surface area (Å²) in [5, 5.41) is 0.448. The molecule has 3 aromatic carbocycles. The van der Waals surface area contributed by atoms with Gasteiger partial charge in [-0.15, -0.1) is 11.3 Å². The molecular weight excluding hydrogens is 373 g/mol. The van der Waals surface area contributed by atoms with Crippen LogP contribution in [0.5, 0.6) is 0 Å². The summed E-state index contributed by atoms with van der Waals surface area (Å²) in [4.78, 5) is 17.9. The van der Waals surface area contributed by atoms with Gasteiger partial charge >= 0.3 is 5.97 Å². The fraction of sp³-hybridized carbons (Fsp3) is 0.0435. The fourth-order valence-corrected chi connectivity index (χ4v) is 3.87. The van der Waals surface area contributed by atoms with Crippen LogP contribution in [0.25, 0.3) is 21.0 Å². The minimum Gasteiger partial charge on any atom is -0.456 e. The van der Waals surface area contributed by atoms with Gasteiger partial charge in [-0.1, -0.05) is 72.8 Å². The lowest BCUT2D eigenvalue weighted by Gasteiger charge is -2.05. The molecule has 0 fully saturated rings. The van der Waals surface area contributed by atoms with Crippen LogP contribution in [0.3, 0.4) is 0 Å². The number of aromatic nitrogens is 1. The highest BCUT2D eigenvalue weighted by atomic mass is 32.1. The molecule has 3 nitrogen and oxygen atoms in total. The number of benzene rings is 3. The third-order valence-electron chi connectivity index (χ3n) is 4.17. The maximum Gasteiger partial charge on any atom is 0.358 e. The molecule has 0 unspecified atom stereocenters. The number of nitrogens with zero attached hydrogens (tertiary/aromatic N) is 1. The van der Waals surface area contributed by atoms with Gasteiger partial charge in [-0.25, -0.2) is 14.2 Å². The summed E-state index contributed by atoms with van der Waals surface area (Å²) in [6, 6.07) is 25.3. The van der Waals surface area contributed by atoms with Gasteiger partial charge in [0.05, 0.1) is 4.88 Å². The number of esters is 1. The highest BCUT2D eigenvalue weighted by molar-refractivity contribution is 7.18. The first-order chi connectivity index (χ1) is 13.7. The molecule has 0 aliphatic carbocycles. The lowest BCUT2D eigenvalue weighted by Crippen LogP contribution is -2.07. The standard InChI is InChI=1S/C23H16FNO2S/c24-19-14-8-7-13-18(19)22-25-20(21(28-22)17-11-5-2-6-12-17)23(26)27-15-16-9-3-1-4-10-16/h1-14H,15H2. The molecule has 0 saturated heterocycles. The molecule has 1 aromatic heterocycles. The molecule has 28 heavy (non-hydrogen) atoms. The quantitative estimate of drug-likeness (QED) is 0.395. The van der Waals surface area contributed by atoms with E-state index in [0.717, 1.165) is 11.1 Å². The Morgan fingerprint density at radius 2 is 1.54 bits per heavy atom. The van der Waals surface area contributed by atoms with Crippen LogP contribution in [0.2, 0.25) is 0 Å². The fourth-order valence-electron chi connectivity index (χ4n) is 2.78. The van der Waals surface area contributed by atoms with E-state index in [9.17, 15) is 9.18 Å². The van der Waals surface area contributed by atoms with Crippen molar-refractivity contribution >= 4 is 17.3 Å². The van der Waals surface area contributed by atoms with Crippen LogP contribution >= 0.6 is 11.3 Å². The molecule has 5 heteroatoms. The number of ether oxygens (including phenoxy) is 1. The highest BCUT2D eigenvalue weighted by Gasteiger charge is 2.22. The third kappa shape index (κ3) is 3.85. The molecule has 4 aromatic rings. The second-order valence-electron chi connectivity index (χ2n) is 6.10. The molecule has 4 rings (SSSR count). The maximum atomic E-state index is 14.2. The SMILES string of the molecule is O=C(OCc1ccccc1)c1nc(-c2ccccc2F)sc1-c1ccccc1. The lowest BCUT2D eigenvalue weighted by molar-refractivity contribution is 0.0467. The highest BCUT2D eigenvalue weighted by Crippen LogP contribution is 2.36. The molecule has 0 bridgehead atoms. The van der Waals surface area contributed by atoms with Gasteiger partial charge in [-0.05, 0) is 23.3 Å². The van der Waals surface area contributed by atoms with Crippen molar-refractivity contribution < 1.29 is 13.9 Å². The van der Waals surface area contributed by atoms with Gasteiger partial charge in [0.2, 0.25) is 0 Å². The van der Waals surface area contributed by atoms with Crippen LogP contribution < -0.4 is 0 Å². The van der Waals surface area contributed by atoms with E-state index in [2.05, 4.69) is 4.98 Å². The Hall–Kier alpha value is -3.31. The van der Waals surface area contributed by atoms with Gasteiger partial charge in [0.15, 0.2) is 5.69 Å². The van der Waals surface area contributed by atoms with Crippen LogP contribution in [0.1, 0.15) is 16.1 Å². The maximum absolute atomic E-state index is 14.2. The molecule has 138 valence electrons. The summed E-state index contributed by atoms with van der Waals surface area (Å²) in [7, 11) is 0. The minimum absolute atomic E-state index is 0.153. The first-order valence-corrected chi connectivity index (χ1v) is 9.56. The Morgan fingerprint density at radius 3 is 2.25 bits per heavy atom. The Bertz CT molecular complexity index is 1090. The summed E-state index contributed by atoms with van der Waals surface area (Å²) in [5.74, 6) is -0.901. The largest absolute Gasteiger partial charge is 0.456 e. The van der Waals surface area contributed by atoms with Crippen LogP contribution in [0.4, 0.5) is 4.39 Å². The Balaban J connectivity index is 1.70. The van der Waals surface area contributed by atoms with Gasteiger partial charge in [0, 0.05) is 5.56 Å². The second-order valence-corrected chi connectivity index (χ2v) is 7.10. The minimum atomic E-state index is -0.526. The summed E-state index contributed by atoms with van der Waals surface area (Å²) in [6.07, 6.45) is 0. The van der Waals surface area contributed by atoms with Crippen LogP contribution in [0, 0.1) is 5.82 Å². The molecule has 0 atom stereocenters. The first-order valence-electron chi connectivity index (χ1n) is 8.74. The first kappa shape index (κ1) is 18.1. The van der Waals surface area contributed by atoms with E-state index < -0.39 is 5.97 Å². The third-order valence-corrected chi connectivity index (χ3v) is 5.31. The number of hydrogen-bond acceptors (Lipinski definition) is 4. The lowest BCUT2D eigenvalue weighted by atomic mass is 10.1. The van der Waals surface area contributed by atoms with Crippen LogP contribution in [0.15, 0.2) is 84.9 Å². The second kappa shape index (κ2) is 8.15. The van der Waals surface area contributed by atoms with E-state index in [4.69, 9.17) is 4.74 Å². The van der Waals surface area contributed by atoms with Gasteiger partial charge in [0.25, 0.3) is 0 Å². The van der Waals surface area contributed by atoms with E-state index in [-0.39, 0.29) is 18.1 Å². The van der Waals surface area contributed by atoms with Crippen molar-refractivity contribution in [3.8, 4) is 21.0 Å². The zero-order valence-corrected chi connectivity index (χ0v) is 15.7. The van der Waals surface area contributed by atoms with Crippen molar-refractivity contribution in [2.45, 2.75) is 6.61 Å². The summed E-state index contributed by atoms with van der Waals surface area (Å²) < 4.78 is 19.7. The number of rotatable bonds is 5. The molecule has 1 heterocycles. The van der Waals surface area contributed by atoms with Crippen molar-refractivity contribution in [3.05, 3.63) is 102 Å². The summed E-state index contributed by atoms with van der Waals surface area (Å²) in [5.41, 5.74) is 2.30. The molecule has 0 radical (unpaired) electrons. The summed E-state index contributed by atoms with van der Waals surface area (Å²) in [6.45, 7) is 0.153. The van der Waals surface area contributed by atoms with E-state index in [1.54, 1.807) is 18.2 Å². The Labute approximate surface area is 166 Å². The normalized spacial score (nSPS) is 10.6. The van der Waals surface area contributed by atoms with Crippen molar-refractivity contribution in [1.29, 1.82) is 0 Å².